The fourth-order valence-corrected chi connectivity index (χ4v) is 8.64. The molecule has 0 spiro atoms. The minimum Gasteiger partial charge on any atom is -0.503 e. The lowest BCUT2D eigenvalue weighted by Gasteiger charge is -2.40. The molecule has 14 heteroatoms. The predicted molar refractivity (Wildman–Crippen MR) is 239 cm³/mol. The molecule has 0 radical (unpaired) electrons. The molecule has 4 aromatic carbocycles. The Balaban J connectivity index is 0.000000193. The first kappa shape index (κ1) is 44.3. The lowest BCUT2D eigenvalue weighted by Crippen LogP contribution is -2.50. The van der Waals surface area contributed by atoms with E-state index in [0.29, 0.717) is 13.0 Å². The van der Waals surface area contributed by atoms with Gasteiger partial charge >= 0.3 is 11.9 Å². The van der Waals surface area contributed by atoms with Gasteiger partial charge < -0.3 is 39.0 Å². The molecule has 6 aromatic rings. The first-order chi connectivity index (χ1) is 30.8. The average Bonchev–Trinajstić information content (AvgIpc) is 3.30. The summed E-state index contributed by atoms with van der Waals surface area (Å²) >= 11 is 0. The molecule has 2 atom stereocenters. The van der Waals surface area contributed by atoms with E-state index < -0.39 is 45.6 Å². The van der Waals surface area contributed by atoms with Crippen molar-refractivity contribution in [1.82, 2.24) is 18.9 Å². The number of benzene rings is 4. The standard InChI is InChI=1S/C27H28N2O5.C23H20N2O5/c1-3-4-15-34-25-23-26(31)28(2)21(17-29(23)16-20(24(25)30)27(32)33)22(18-11-7-5-8-12-18)19-13-9-6-10-14-19;1-24-17(18(14-8-4-2-5-9-14)15-10-6-3-7-11-15)13-25-12-16(23(29)30)20(26)21(27)19(25)22(24)28/h5-14,16,21-22H,3-4,15,17H2,1-2H3,(H,32,33);2-12,17-18,27H,13H2,1H3,(H,29,30)/t21-;17-/m00/s1. The number of carbonyl (C=O) groups excluding carboxylic acids is 2. The molecule has 8 rings (SSSR count). The van der Waals surface area contributed by atoms with Gasteiger partial charge in [0.25, 0.3) is 11.8 Å². The van der Waals surface area contributed by atoms with Crippen molar-refractivity contribution in [1.29, 1.82) is 0 Å². The highest BCUT2D eigenvalue weighted by molar-refractivity contribution is 5.98. The summed E-state index contributed by atoms with van der Waals surface area (Å²) in [5.74, 6) is -5.04. The van der Waals surface area contributed by atoms with Crippen LogP contribution in [0.1, 0.15) is 95.5 Å². The van der Waals surface area contributed by atoms with Crippen molar-refractivity contribution < 1.29 is 39.2 Å². The number of hydrogen-bond donors (Lipinski definition) is 3. The van der Waals surface area contributed by atoms with Gasteiger partial charge in [-0.15, -0.1) is 0 Å². The van der Waals surface area contributed by atoms with Crippen molar-refractivity contribution in [3.8, 4) is 11.5 Å². The molecule has 0 saturated carbocycles. The lowest BCUT2D eigenvalue weighted by molar-refractivity contribution is 0.0614. The van der Waals surface area contributed by atoms with Crippen molar-refractivity contribution in [3.63, 3.8) is 0 Å². The second-order valence-corrected chi connectivity index (χ2v) is 15.8. The fourth-order valence-electron chi connectivity index (χ4n) is 8.64. The molecular formula is C50H48N4O10. The van der Waals surface area contributed by atoms with Crippen molar-refractivity contribution in [3.05, 3.63) is 199 Å². The number of pyridine rings is 2. The number of nitrogens with zero attached hydrogens (tertiary/aromatic N) is 4. The van der Waals surface area contributed by atoms with Crippen LogP contribution in [0.4, 0.5) is 0 Å². The first-order valence-corrected chi connectivity index (χ1v) is 20.9. The summed E-state index contributed by atoms with van der Waals surface area (Å²) in [4.78, 5) is 78.2. The van der Waals surface area contributed by atoms with Gasteiger partial charge in [-0.25, -0.2) is 9.59 Å². The molecule has 3 N–H and O–H groups in total. The first-order valence-electron chi connectivity index (χ1n) is 20.9. The molecular weight excluding hydrogens is 817 g/mol. The molecule has 0 saturated heterocycles. The second kappa shape index (κ2) is 19.1. The number of likely N-dealkylation sites (N-methyl/N-ethyl adjacent to an activating group) is 2. The molecule has 64 heavy (non-hydrogen) atoms. The highest BCUT2D eigenvalue weighted by Gasteiger charge is 2.41. The quantitative estimate of drug-likeness (QED) is 0.114. The number of hydrogen-bond acceptors (Lipinski definition) is 8. The third kappa shape index (κ3) is 8.67. The third-order valence-corrected chi connectivity index (χ3v) is 11.9. The van der Waals surface area contributed by atoms with E-state index in [2.05, 4.69) is 0 Å². The van der Waals surface area contributed by atoms with Gasteiger partial charge in [-0.05, 0) is 28.7 Å². The van der Waals surface area contributed by atoms with Crippen LogP contribution in [0, 0.1) is 0 Å². The Morgan fingerprint density at radius 3 is 1.33 bits per heavy atom. The van der Waals surface area contributed by atoms with Gasteiger partial charge in [-0.3, -0.25) is 19.2 Å². The van der Waals surface area contributed by atoms with Gasteiger partial charge in [0, 0.05) is 51.4 Å². The number of aromatic carboxylic acids is 2. The van der Waals surface area contributed by atoms with Crippen molar-refractivity contribution in [2.45, 2.75) is 56.8 Å². The maximum absolute atomic E-state index is 13.6. The topological polar surface area (TPSA) is 189 Å². The molecule has 2 aromatic heterocycles. The molecule has 0 fully saturated rings. The number of unbranched alkanes of at least 4 members (excludes halogenated alkanes) is 1. The number of carbonyl (C=O) groups is 4. The van der Waals surface area contributed by atoms with Crippen molar-refractivity contribution >= 4 is 23.8 Å². The molecule has 328 valence electrons. The predicted octanol–water partition coefficient (Wildman–Crippen LogP) is 6.55. The van der Waals surface area contributed by atoms with Crippen molar-refractivity contribution in [2.75, 3.05) is 20.7 Å². The van der Waals surface area contributed by atoms with Gasteiger partial charge in [-0.1, -0.05) is 135 Å². The molecule has 2 aliphatic rings. The van der Waals surface area contributed by atoms with E-state index in [1.807, 2.05) is 128 Å². The van der Waals surface area contributed by atoms with Crippen LogP contribution in [0.5, 0.6) is 11.5 Å². The molecule has 0 bridgehead atoms. The maximum Gasteiger partial charge on any atom is 0.341 e. The number of carboxylic acids is 2. The van der Waals surface area contributed by atoms with Crippen LogP contribution in [0.2, 0.25) is 0 Å². The van der Waals surface area contributed by atoms with Crippen LogP contribution in [-0.2, 0) is 13.1 Å². The van der Waals surface area contributed by atoms with E-state index in [9.17, 15) is 44.1 Å². The number of fused-ring (bicyclic) bond motifs is 2. The third-order valence-electron chi connectivity index (χ3n) is 11.9. The van der Waals surface area contributed by atoms with E-state index in [0.717, 1.165) is 34.9 Å². The molecule has 2 amide bonds. The molecule has 4 heterocycles. The Bertz CT molecular complexity index is 2710. The minimum absolute atomic E-state index is 0.102. The van der Waals surface area contributed by atoms with Gasteiger partial charge in [0.15, 0.2) is 22.9 Å². The van der Waals surface area contributed by atoms with Crippen LogP contribution in [0.3, 0.4) is 0 Å². The molecule has 2 aliphatic heterocycles. The Kier molecular flexibility index (Phi) is 13.2. The summed E-state index contributed by atoms with van der Waals surface area (Å²) in [5.41, 5.74) is 1.20. The summed E-state index contributed by atoms with van der Waals surface area (Å²) in [5, 5.41) is 29.2. The number of rotatable bonds is 12. The molecule has 0 unspecified atom stereocenters. The van der Waals surface area contributed by atoms with Crippen LogP contribution >= 0.6 is 0 Å². The minimum atomic E-state index is -1.45. The Labute approximate surface area is 368 Å². The smallest absolute Gasteiger partial charge is 0.341 e. The lowest BCUT2D eigenvalue weighted by atomic mass is 9.83. The summed E-state index contributed by atoms with van der Waals surface area (Å²) in [6.07, 6.45) is 3.95. The summed E-state index contributed by atoms with van der Waals surface area (Å²) in [7, 11) is 3.35. The largest absolute Gasteiger partial charge is 0.503 e. The fraction of sp³-hybridized carbons (Fsp3) is 0.240. The van der Waals surface area contributed by atoms with Crippen LogP contribution in [0.25, 0.3) is 0 Å². The number of aromatic nitrogens is 2. The molecule has 0 aliphatic carbocycles. The van der Waals surface area contributed by atoms with Crippen molar-refractivity contribution in [2.24, 2.45) is 0 Å². The summed E-state index contributed by atoms with van der Waals surface area (Å²) < 4.78 is 8.67. The highest BCUT2D eigenvalue weighted by atomic mass is 16.5. The monoisotopic (exact) mass is 864 g/mol. The zero-order valence-electron chi connectivity index (χ0n) is 35.5. The van der Waals surface area contributed by atoms with Gasteiger partial charge in [0.05, 0.1) is 18.7 Å². The Hall–Kier alpha value is -7.74. The van der Waals surface area contributed by atoms with E-state index in [1.54, 1.807) is 23.6 Å². The highest BCUT2D eigenvalue weighted by Crippen LogP contribution is 2.37. The average molecular weight is 865 g/mol. The summed E-state index contributed by atoms with van der Waals surface area (Å²) in [6.45, 7) is 2.76. The second-order valence-electron chi connectivity index (χ2n) is 15.8. The van der Waals surface area contributed by atoms with E-state index in [4.69, 9.17) is 4.74 Å². The van der Waals surface area contributed by atoms with Gasteiger partial charge in [0.1, 0.15) is 11.1 Å². The van der Waals surface area contributed by atoms with Crippen LogP contribution < -0.4 is 15.6 Å². The number of amides is 2. The maximum atomic E-state index is 13.6. The van der Waals surface area contributed by atoms with Gasteiger partial charge in [-0.2, -0.15) is 0 Å². The van der Waals surface area contributed by atoms with E-state index in [1.165, 1.54) is 15.7 Å². The Morgan fingerprint density at radius 2 is 0.953 bits per heavy atom. The Morgan fingerprint density at radius 1 is 0.594 bits per heavy atom. The normalized spacial score (nSPS) is 15.6. The number of carboxylic acid groups (broad SMARTS) is 2. The zero-order valence-corrected chi connectivity index (χ0v) is 35.5. The SMILES string of the molecule is CCCCOc1c2n(cc(C(=O)O)c1=O)C[C@@H](C(c1ccccc1)c1ccccc1)N(C)C2=O.CN1C(=O)c2c(O)c(=O)c(C(=O)O)cn2C[C@H]1C(c1ccccc1)c1ccccc1. The van der Waals surface area contributed by atoms with Crippen LogP contribution in [-0.4, -0.2) is 90.8 Å². The number of ether oxygens (including phenoxy) is 1. The van der Waals surface area contributed by atoms with E-state index in [-0.39, 0.29) is 60.1 Å². The number of aromatic hydroxyl groups is 1. The summed E-state index contributed by atoms with van der Waals surface area (Å²) in [6, 6.07) is 38.6. The van der Waals surface area contributed by atoms with Crippen LogP contribution in [0.15, 0.2) is 143 Å². The van der Waals surface area contributed by atoms with Gasteiger partial charge in [0.2, 0.25) is 10.9 Å². The molecule has 14 nitrogen and oxygen atoms in total. The van der Waals surface area contributed by atoms with E-state index >= 15 is 0 Å². The zero-order chi connectivity index (χ0) is 45.7.